The second-order valence-corrected chi connectivity index (χ2v) is 4.66. The molecule has 0 spiro atoms. The van der Waals surface area contributed by atoms with Gasteiger partial charge in [-0.05, 0) is 36.8 Å². The molecule has 0 fully saturated rings. The molecule has 0 N–H and O–H groups in total. The van der Waals surface area contributed by atoms with E-state index in [1.54, 1.807) is 31.2 Å². The van der Waals surface area contributed by atoms with Crippen molar-refractivity contribution in [1.82, 2.24) is 0 Å². The summed E-state index contributed by atoms with van der Waals surface area (Å²) >= 11 is 3.17. The minimum Gasteiger partial charge on any atom is -0.458 e. The van der Waals surface area contributed by atoms with Crippen LogP contribution in [-0.4, -0.2) is 5.78 Å². The van der Waals surface area contributed by atoms with Crippen LogP contribution in [0.2, 0.25) is 0 Å². The van der Waals surface area contributed by atoms with Gasteiger partial charge in [-0.1, -0.05) is 22.0 Å². The van der Waals surface area contributed by atoms with E-state index in [0.717, 1.165) is 0 Å². The topological polar surface area (TPSA) is 30.2 Å². The molecule has 1 aromatic heterocycles. The zero-order valence-corrected chi connectivity index (χ0v) is 10.8. The molecule has 0 amide bonds. The van der Waals surface area contributed by atoms with Crippen molar-refractivity contribution in [3.05, 3.63) is 57.7 Å². The Labute approximate surface area is 107 Å². The number of hydrogen-bond acceptors (Lipinski definition) is 2. The Kier molecular flexibility index (Phi) is 3.43. The average molecular weight is 297 g/mol. The van der Waals surface area contributed by atoms with Crippen LogP contribution < -0.4 is 0 Å². The predicted octanol–water partition coefficient (Wildman–Crippen LogP) is 3.92. The number of carbonyl (C=O) groups excluding carboxylic acids is 1. The van der Waals surface area contributed by atoms with Crippen LogP contribution in [0.25, 0.3) is 0 Å². The van der Waals surface area contributed by atoms with Gasteiger partial charge in [0.05, 0.1) is 0 Å². The Bertz CT molecular complexity index is 560. The van der Waals surface area contributed by atoms with Crippen molar-refractivity contribution in [3.63, 3.8) is 0 Å². The van der Waals surface area contributed by atoms with E-state index in [4.69, 9.17) is 4.42 Å². The standard InChI is InChI=1S/C13H10BrFO2/c1-8-2-5-13(17-8)12(16)6-9-3-4-10(14)7-11(9)15/h2-5,7H,6H2,1H3. The van der Waals surface area contributed by atoms with Crippen molar-refractivity contribution in [3.8, 4) is 0 Å². The fraction of sp³-hybridized carbons (Fsp3) is 0.154. The Morgan fingerprint density at radius 2 is 2.12 bits per heavy atom. The van der Waals surface area contributed by atoms with Gasteiger partial charge >= 0.3 is 0 Å². The van der Waals surface area contributed by atoms with Gasteiger partial charge in [0.2, 0.25) is 5.78 Å². The van der Waals surface area contributed by atoms with Gasteiger partial charge in [0.25, 0.3) is 0 Å². The summed E-state index contributed by atoms with van der Waals surface area (Å²) < 4.78 is 19.4. The maximum atomic E-state index is 13.5. The molecule has 0 radical (unpaired) electrons. The highest BCUT2D eigenvalue weighted by molar-refractivity contribution is 9.10. The first-order chi connectivity index (χ1) is 8.06. The molecule has 0 aliphatic rings. The fourth-order valence-electron chi connectivity index (χ4n) is 1.51. The summed E-state index contributed by atoms with van der Waals surface area (Å²) in [7, 11) is 0. The van der Waals surface area contributed by atoms with E-state index in [1.807, 2.05) is 0 Å². The molecular formula is C13H10BrFO2. The van der Waals surface area contributed by atoms with Crippen LogP contribution in [0.4, 0.5) is 4.39 Å². The van der Waals surface area contributed by atoms with Gasteiger partial charge < -0.3 is 4.42 Å². The van der Waals surface area contributed by atoms with E-state index in [0.29, 0.717) is 15.8 Å². The van der Waals surface area contributed by atoms with E-state index in [2.05, 4.69) is 15.9 Å². The Morgan fingerprint density at radius 1 is 1.35 bits per heavy atom. The molecule has 0 saturated heterocycles. The molecule has 2 nitrogen and oxygen atoms in total. The molecule has 4 heteroatoms. The summed E-state index contributed by atoms with van der Waals surface area (Å²) in [5.74, 6) is 0.324. The third kappa shape index (κ3) is 2.82. The van der Waals surface area contributed by atoms with Crippen molar-refractivity contribution in [2.45, 2.75) is 13.3 Å². The summed E-state index contributed by atoms with van der Waals surface area (Å²) in [6.45, 7) is 1.76. The van der Waals surface area contributed by atoms with Gasteiger partial charge in [-0.15, -0.1) is 0 Å². The SMILES string of the molecule is Cc1ccc(C(=O)Cc2ccc(Br)cc2F)o1. The van der Waals surface area contributed by atoms with Gasteiger partial charge in [-0.2, -0.15) is 0 Å². The van der Waals surface area contributed by atoms with Gasteiger partial charge in [-0.25, -0.2) is 4.39 Å². The first-order valence-electron chi connectivity index (χ1n) is 5.10. The molecule has 0 aliphatic carbocycles. The number of furan rings is 1. The predicted molar refractivity (Wildman–Crippen MR) is 65.6 cm³/mol. The van der Waals surface area contributed by atoms with Crippen molar-refractivity contribution in [1.29, 1.82) is 0 Å². The van der Waals surface area contributed by atoms with Crippen LogP contribution in [0.15, 0.2) is 39.2 Å². The van der Waals surface area contributed by atoms with Crippen LogP contribution in [0.1, 0.15) is 21.9 Å². The van der Waals surface area contributed by atoms with Gasteiger partial charge in [0.15, 0.2) is 5.76 Å². The molecule has 1 heterocycles. The van der Waals surface area contributed by atoms with E-state index < -0.39 is 5.82 Å². The van der Waals surface area contributed by atoms with E-state index >= 15 is 0 Å². The molecule has 17 heavy (non-hydrogen) atoms. The normalized spacial score (nSPS) is 10.5. The Morgan fingerprint density at radius 3 is 2.71 bits per heavy atom. The Balaban J connectivity index is 2.18. The molecule has 0 bridgehead atoms. The largest absolute Gasteiger partial charge is 0.458 e. The minimum absolute atomic E-state index is 0.00602. The van der Waals surface area contributed by atoms with E-state index in [-0.39, 0.29) is 18.0 Å². The quantitative estimate of drug-likeness (QED) is 0.804. The molecular weight excluding hydrogens is 287 g/mol. The number of ketones is 1. The first kappa shape index (κ1) is 12.0. The second kappa shape index (κ2) is 4.84. The molecule has 0 saturated carbocycles. The number of Topliss-reactive ketones (excluding diaryl/α,β-unsaturated/α-hetero) is 1. The molecule has 0 aliphatic heterocycles. The van der Waals surface area contributed by atoms with Gasteiger partial charge in [0, 0.05) is 10.9 Å². The van der Waals surface area contributed by atoms with Crippen LogP contribution in [0, 0.1) is 12.7 Å². The average Bonchev–Trinajstić information content (AvgIpc) is 2.69. The zero-order valence-electron chi connectivity index (χ0n) is 9.17. The maximum Gasteiger partial charge on any atom is 0.202 e. The molecule has 0 atom stereocenters. The molecule has 0 unspecified atom stereocenters. The Hall–Kier alpha value is -1.42. The van der Waals surface area contributed by atoms with Gasteiger partial charge in [0.1, 0.15) is 11.6 Å². The summed E-state index contributed by atoms with van der Waals surface area (Å²) in [4.78, 5) is 11.8. The number of benzene rings is 1. The number of hydrogen-bond donors (Lipinski definition) is 0. The number of carbonyl (C=O) groups is 1. The van der Waals surface area contributed by atoms with Crippen LogP contribution in [0.3, 0.4) is 0 Å². The minimum atomic E-state index is -0.393. The lowest BCUT2D eigenvalue weighted by Gasteiger charge is -2.01. The number of halogens is 2. The number of rotatable bonds is 3. The molecule has 88 valence electrons. The van der Waals surface area contributed by atoms with Crippen molar-refractivity contribution in [2.24, 2.45) is 0 Å². The highest BCUT2D eigenvalue weighted by Crippen LogP contribution is 2.17. The highest BCUT2D eigenvalue weighted by atomic mass is 79.9. The molecule has 2 aromatic rings. The number of aryl methyl sites for hydroxylation is 1. The maximum absolute atomic E-state index is 13.5. The molecule has 2 rings (SSSR count). The summed E-state index contributed by atoms with van der Waals surface area (Å²) in [6.07, 6.45) is 0.00602. The first-order valence-corrected chi connectivity index (χ1v) is 5.89. The van der Waals surface area contributed by atoms with Crippen molar-refractivity contribution in [2.75, 3.05) is 0 Å². The van der Waals surface area contributed by atoms with Crippen LogP contribution >= 0.6 is 15.9 Å². The lowest BCUT2D eigenvalue weighted by atomic mass is 10.1. The lowest BCUT2D eigenvalue weighted by Crippen LogP contribution is -2.04. The third-order valence-corrected chi connectivity index (χ3v) is 2.87. The third-order valence-electron chi connectivity index (χ3n) is 2.38. The smallest absolute Gasteiger partial charge is 0.202 e. The van der Waals surface area contributed by atoms with Gasteiger partial charge in [-0.3, -0.25) is 4.79 Å². The fourth-order valence-corrected chi connectivity index (χ4v) is 1.84. The van der Waals surface area contributed by atoms with Crippen LogP contribution in [-0.2, 0) is 6.42 Å². The summed E-state index contributed by atoms with van der Waals surface area (Å²) in [5.41, 5.74) is 0.368. The molecule has 1 aromatic carbocycles. The summed E-state index contributed by atoms with van der Waals surface area (Å²) in [6, 6.07) is 7.96. The van der Waals surface area contributed by atoms with Crippen molar-refractivity contribution < 1.29 is 13.6 Å². The lowest BCUT2D eigenvalue weighted by molar-refractivity contribution is 0.0964. The van der Waals surface area contributed by atoms with Crippen molar-refractivity contribution >= 4 is 21.7 Å². The monoisotopic (exact) mass is 296 g/mol. The zero-order chi connectivity index (χ0) is 12.4. The van der Waals surface area contributed by atoms with Crippen LogP contribution in [0.5, 0.6) is 0 Å². The van der Waals surface area contributed by atoms with E-state index in [1.165, 1.54) is 6.07 Å². The summed E-state index contributed by atoms with van der Waals surface area (Å²) in [5, 5.41) is 0. The van der Waals surface area contributed by atoms with E-state index in [9.17, 15) is 9.18 Å². The highest BCUT2D eigenvalue weighted by Gasteiger charge is 2.13. The second-order valence-electron chi connectivity index (χ2n) is 3.75.